The molecule has 0 aliphatic heterocycles. The van der Waals surface area contributed by atoms with Crippen molar-refractivity contribution >= 4 is 74.3 Å². The molecule has 0 amide bonds. The fraction of sp³-hybridized carbons (Fsp3) is 1.00. The summed E-state index contributed by atoms with van der Waals surface area (Å²) in [5.41, 5.74) is 0. The maximum absolute atomic E-state index is 10.3. The van der Waals surface area contributed by atoms with E-state index < -0.39 is 20.3 Å². The Kier molecular flexibility index (Phi) is 13.5. The first-order valence-electron chi connectivity index (χ1n) is 2.34. The Morgan fingerprint density at radius 1 is 0.929 bits per heavy atom. The Morgan fingerprint density at radius 2 is 1.07 bits per heavy atom. The molecule has 80 valence electrons. The molecule has 0 atom stereocenters. The van der Waals surface area contributed by atoms with Crippen LogP contribution in [0.5, 0.6) is 0 Å². The van der Waals surface area contributed by atoms with Crippen molar-refractivity contribution in [2.45, 2.75) is 12.0 Å². The van der Waals surface area contributed by atoms with Crippen LogP contribution in [-0.2, 0) is 9.13 Å². The minimum absolute atomic E-state index is 0. The number of hydrogen-bond acceptors (Lipinski definition) is 3. The Morgan fingerprint density at radius 3 is 1.07 bits per heavy atom. The first-order valence-corrected chi connectivity index (χ1v) is 5.56. The normalized spacial score (nSPS) is 11.9. The summed E-state index contributed by atoms with van der Waals surface area (Å²) < 4.78 is 20.5. The molecule has 0 radical (unpaired) electrons. The standard InChI is InChI=1S/C2H8O7P2.2Na.H2O.2H/c1-2(3,10(4,5)6)11(7,8)9;;;;;/h3H,1H3,(H2,4,5,6)(H2,7,8,9);;;1H2;;. The van der Waals surface area contributed by atoms with Gasteiger partial charge in [-0.1, -0.05) is 0 Å². The zero-order valence-electron chi connectivity index (χ0n) is 5.95. The first-order chi connectivity index (χ1) is 4.50. The molecule has 0 bridgehead atoms. The number of rotatable bonds is 2. The summed E-state index contributed by atoms with van der Waals surface area (Å²) in [7, 11) is -10.4. The fourth-order valence-electron chi connectivity index (χ4n) is 0.170. The molecule has 8 nitrogen and oxygen atoms in total. The second-order valence-electron chi connectivity index (χ2n) is 2.06. The molecule has 0 aromatic heterocycles. The SMILES string of the molecule is CC(O)(P(=O)(O)O)P(=O)(O)O.O.[NaH].[NaH]. The van der Waals surface area contributed by atoms with Crippen molar-refractivity contribution in [2.75, 3.05) is 0 Å². The summed E-state index contributed by atoms with van der Waals surface area (Å²) >= 11 is 0. The fourth-order valence-corrected chi connectivity index (χ4v) is 1.53. The third-order valence-corrected chi connectivity index (χ3v) is 4.87. The van der Waals surface area contributed by atoms with Gasteiger partial charge in [-0.05, 0) is 6.92 Å². The van der Waals surface area contributed by atoms with Gasteiger partial charge in [0.15, 0.2) is 0 Å². The van der Waals surface area contributed by atoms with E-state index in [1.807, 2.05) is 0 Å². The van der Waals surface area contributed by atoms with Crippen molar-refractivity contribution in [3.05, 3.63) is 0 Å². The van der Waals surface area contributed by atoms with Crippen molar-refractivity contribution < 1.29 is 39.3 Å². The average molecular weight is 272 g/mol. The van der Waals surface area contributed by atoms with Crippen LogP contribution >= 0.6 is 15.2 Å². The van der Waals surface area contributed by atoms with Gasteiger partial charge in [-0.25, -0.2) is 0 Å². The summed E-state index contributed by atoms with van der Waals surface area (Å²) in [5, 5.41) is 5.37. The van der Waals surface area contributed by atoms with Gasteiger partial charge in [-0.3, -0.25) is 9.13 Å². The van der Waals surface area contributed by atoms with Crippen molar-refractivity contribution in [3.63, 3.8) is 0 Å². The van der Waals surface area contributed by atoms with E-state index in [9.17, 15) is 9.13 Å². The van der Waals surface area contributed by atoms with E-state index in [1.54, 1.807) is 0 Å². The second kappa shape index (κ2) is 7.53. The number of hydrogen-bond donors (Lipinski definition) is 5. The molecule has 0 aromatic rings. The summed E-state index contributed by atoms with van der Waals surface area (Å²) in [6, 6.07) is 0. The summed E-state index contributed by atoms with van der Waals surface area (Å²) in [6.45, 7) is 0.383. The van der Waals surface area contributed by atoms with E-state index in [2.05, 4.69) is 0 Å². The van der Waals surface area contributed by atoms with E-state index in [-0.39, 0.29) is 64.6 Å². The van der Waals surface area contributed by atoms with Crippen molar-refractivity contribution in [3.8, 4) is 0 Å². The van der Waals surface area contributed by atoms with Crippen LogP contribution in [0, 0.1) is 0 Å². The molecule has 0 aliphatic rings. The molecule has 0 fully saturated rings. The van der Waals surface area contributed by atoms with E-state index in [0.717, 1.165) is 0 Å². The maximum atomic E-state index is 10.3. The molecular formula is C2H12Na2O8P2. The van der Waals surface area contributed by atoms with Crippen LogP contribution in [0.2, 0.25) is 0 Å². The minimum atomic E-state index is -5.20. The van der Waals surface area contributed by atoms with E-state index >= 15 is 0 Å². The van der Waals surface area contributed by atoms with Gasteiger partial charge in [-0.15, -0.1) is 0 Å². The van der Waals surface area contributed by atoms with Gasteiger partial charge in [0.05, 0.1) is 0 Å². The van der Waals surface area contributed by atoms with E-state index in [4.69, 9.17) is 24.7 Å². The molecule has 0 saturated heterocycles. The van der Waals surface area contributed by atoms with Crippen LogP contribution in [0.1, 0.15) is 6.92 Å². The van der Waals surface area contributed by atoms with Crippen LogP contribution in [-0.4, -0.2) is 94.4 Å². The molecule has 0 rings (SSSR count). The van der Waals surface area contributed by atoms with Crippen LogP contribution in [0.15, 0.2) is 0 Å². The van der Waals surface area contributed by atoms with E-state index in [1.165, 1.54) is 0 Å². The molecule has 0 heterocycles. The summed E-state index contributed by atoms with van der Waals surface area (Å²) in [5.74, 6) is 0. The Balaban J connectivity index is -0.000000167. The summed E-state index contributed by atoms with van der Waals surface area (Å²) in [6.07, 6.45) is 0. The molecular weight excluding hydrogens is 260 g/mol. The van der Waals surface area contributed by atoms with Gasteiger partial charge >= 0.3 is 74.3 Å². The average Bonchev–Trinajstić information content (AvgIpc) is 1.58. The summed E-state index contributed by atoms with van der Waals surface area (Å²) in [4.78, 5) is 33.0. The Labute approximate surface area is 124 Å². The van der Waals surface area contributed by atoms with Gasteiger partial charge in [-0.2, -0.15) is 0 Å². The molecule has 0 saturated carbocycles. The van der Waals surface area contributed by atoms with Crippen molar-refractivity contribution in [1.82, 2.24) is 0 Å². The van der Waals surface area contributed by atoms with Crippen molar-refractivity contribution in [2.24, 2.45) is 0 Å². The van der Waals surface area contributed by atoms with Gasteiger partial charge < -0.3 is 30.2 Å². The van der Waals surface area contributed by atoms with Gasteiger partial charge in [0.2, 0.25) is 0 Å². The predicted molar refractivity (Wildman–Crippen MR) is 52.6 cm³/mol. The zero-order chi connectivity index (χ0) is 9.50. The zero-order valence-corrected chi connectivity index (χ0v) is 7.74. The second-order valence-corrected chi connectivity index (χ2v) is 6.33. The Bertz CT molecular complexity index is 216. The van der Waals surface area contributed by atoms with Crippen LogP contribution in [0.3, 0.4) is 0 Å². The first kappa shape index (κ1) is 25.2. The Hall–Kier alpha value is 2.22. The molecule has 0 spiro atoms. The van der Waals surface area contributed by atoms with Crippen LogP contribution in [0.4, 0.5) is 0 Å². The molecule has 7 N–H and O–H groups in total. The predicted octanol–water partition coefficient (Wildman–Crippen LogP) is -3.11. The molecule has 0 aromatic carbocycles. The third-order valence-electron chi connectivity index (χ3n) is 1.10. The number of aliphatic hydroxyl groups is 1. The molecule has 0 aliphatic carbocycles. The molecule has 14 heavy (non-hydrogen) atoms. The van der Waals surface area contributed by atoms with E-state index in [0.29, 0.717) is 6.92 Å². The monoisotopic (exact) mass is 272 g/mol. The van der Waals surface area contributed by atoms with Gasteiger partial charge in [0.25, 0.3) is 5.08 Å². The molecule has 0 unspecified atom stereocenters. The van der Waals surface area contributed by atoms with Crippen molar-refractivity contribution in [1.29, 1.82) is 0 Å². The third kappa shape index (κ3) is 6.08. The van der Waals surface area contributed by atoms with Gasteiger partial charge in [0, 0.05) is 0 Å². The van der Waals surface area contributed by atoms with Crippen LogP contribution in [0.25, 0.3) is 0 Å². The van der Waals surface area contributed by atoms with Crippen LogP contribution < -0.4 is 0 Å². The molecule has 12 heteroatoms. The van der Waals surface area contributed by atoms with Gasteiger partial charge in [0.1, 0.15) is 0 Å². The topological polar surface area (TPSA) is 167 Å². The quantitative estimate of drug-likeness (QED) is 0.262.